The lowest BCUT2D eigenvalue weighted by Gasteiger charge is -2.46. The van der Waals surface area contributed by atoms with Crippen LogP contribution < -0.4 is 9.47 Å². The van der Waals surface area contributed by atoms with E-state index >= 15 is 0 Å². The molecule has 2 aromatic rings. The summed E-state index contributed by atoms with van der Waals surface area (Å²) in [4.78, 5) is 13.4. The first-order valence-corrected chi connectivity index (χ1v) is 11.3. The van der Waals surface area contributed by atoms with Crippen molar-refractivity contribution < 1.29 is 18.8 Å². The normalized spacial score (nSPS) is 25.8. The van der Waals surface area contributed by atoms with Crippen molar-refractivity contribution in [3.8, 4) is 11.5 Å². The number of methoxy groups -OCH3 is 2. The number of quaternary nitrogens is 1. The van der Waals surface area contributed by atoms with E-state index in [1.165, 1.54) is 31.5 Å². The van der Waals surface area contributed by atoms with Crippen molar-refractivity contribution >= 4 is 5.78 Å². The lowest BCUT2D eigenvalue weighted by molar-refractivity contribution is -0.948. The molecule has 3 atom stereocenters. The number of ketones is 1. The topological polar surface area (TPSA) is 35.5 Å². The van der Waals surface area contributed by atoms with Gasteiger partial charge in [-0.15, -0.1) is 0 Å². The minimum absolute atomic E-state index is 0.0854. The Kier molecular flexibility index (Phi) is 6.14. The van der Waals surface area contributed by atoms with Crippen LogP contribution in [0.4, 0.5) is 0 Å². The number of fused-ring (bicyclic) bond motifs is 1. The van der Waals surface area contributed by atoms with Crippen LogP contribution in [0.1, 0.15) is 47.7 Å². The van der Waals surface area contributed by atoms with Gasteiger partial charge in [0.2, 0.25) is 0 Å². The van der Waals surface area contributed by atoms with Gasteiger partial charge in [-0.05, 0) is 43.4 Å². The van der Waals surface area contributed by atoms with E-state index in [4.69, 9.17) is 9.47 Å². The van der Waals surface area contributed by atoms with Gasteiger partial charge in [0, 0.05) is 23.0 Å². The van der Waals surface area contributed by atoms with Gasteiger partial charge in [0.25, 0.3) is 0 Å². The van der Waals surface area contributed by atoms with E-state index in [0.717, 1.165) is 41.5 Å². The van der Waals surface area contributed by atoms with Crippen LogP contribution in [0, 0.1) is 11.8 Å². The molecule has 2 aromatic carbocycles. The van der Waals surface area contributed by atoms with Crippen molar-refractivity contribution in [3.63, 3.8) is 0 Å². The molecule has 1 heterocycles. The van der Waals surface area contributed by atoms with Crippen LogP contribution in [-0.2, 0) is 13.0 Å². The Hall–Kier alpha value is -2.33. The van der Waals surface area contributed by atoms with Crippen molar-refractivity contribution in [3.05, 3.63) is 59.2 Å². The molecule has 3 unspecified atom stereocenters. The number of hydrogen-bond acceptors (Lipinski definition) is 3. The molecule has 0 N–H and O–H groups in total. The molecule has 4 heteroatoms. The van der Waals surface area contributed by atoms with E-state index in [0.29, 0.717) is 23.2 Å². The highest BCUT2D eigenvalue weighted by Crippen LogP contribution is 2.42. The fourth-order valence-corrected chi connectivity index (χ4v) is 5.80. The first-order valence-electron chi connectivity index (χ1n) is 11.3. The maximum absolute atomic E-state index is 13.4. The summed E-state index contributed by atoms with van der Waals surface area (Å²) in [6, 6.07) is 14.7. The van der Waals surface area contributed by atoms with E-state index in [9.17, 15) is 4.79 Å². The van der Waals surface area contributed by atoms with Gasteiger partial charge in [-0.2, -0.15) is 0 Å². The maximum Gasteiger partial charge on any atom is 0.167 e. The van der Waals surface area contributed by atoms with Gasteiger partial charge < -0.3 is 14.0 Å². The molecule has 4 nitrogen and oxygen atoms in total. The summed E-state index contributed by atoms with van der Waals surface area (Å²) in [6.07, 6.45) is 4.35. The standard InChI is InChI=1S/C26H34NO3/c1-4-12-27(17-19-9-6-5-7-10-19)13-8-11-20(18-27)22-14-21-15-24(29-2)25(30-3)16-23(21)26(22)28/h5-7,9-10,15-16,20,22H,4,8,11-14,17-18H2,1-3H3/q+1. The van der Waals surface area contributed by atoms with E-state index in [2.05, 4.69) is 37.3 Å². The smallest absolute Gasteiger partial charge is 0.167 e. The summed E-state index contributed by atoms with van der Waals surface area (Å²) in [5, 5.41) is 0. The molecule has 0 bridgehead atoms. The predicted octanol–water partition coefficient (Wildman–Crippen LogP) is 4.90. The maximum atomic E-state index is 13.4. The lowest BCUT2D eigenvalue weighted by Crippen LogP contribution is -2.55. The van der Waals surface area contributed by atoms with Crippen LogP contribution in [0.25, 0.3) is 0 Å². The number of rotatable bonds is 7. The summed E-state index contributed by atoms with van der Waals surface area (Å²) in [6.45, 7) is 6.85. The highest BCUT2D eigenvalue weighted by atomic mass is 16.5. The highest BCUT2D eigenvalue weighted by molar-refractivity contribution is 6.03. The number of likely N-dealkylation sites (tertiary alicyclic amines) is 1. The molecule has 1 fully saturated rings. The van der Waals surface area contributed by atoms with Crippen molar-refractivity contribution in [2.75, 3.05) is 33.9 Å². The number of hydrogen-bond donors (Lipinski definition) is 0. The van der Waals surface area contributed by atoms with Gasteiger partial charge >= 0.3 is 0 Å². The lowest BCUT2D eigenvalue weighted by atomic mass is 9.81. The number of ether oxygens (including phenoxy) is 2. The Balaban J connectivity index is 1.57. The van der Waals surface area contributed by atoms with Crippen molar-refractivity contribution in [1.82, 2.24) is 0 Å². The second-order valence-corrected chi connectivity index (χ2v) is 9.06. The fourth-order valence-electron chi connectivity index (χ4n) is 5.80. The van der Waals surface area contributed by atoms with Crippen molar-refractivity contribution in [1.29, 1.82) is 0 Å². The summed E-state index contributed by atoms with van der Waals surface area (Å²) in [5.41, 5.74) is 3.35. The number of carbonyl (C=O) groups excluding carboxylic acids is 1. The molecule has 1 aliphatic carbocycles. The van der Waals surface area contributed by atoms with Crippen LogP contribution in [-0.4, -0.2) is 44.1 Å². The third kappa shape index (κ3) is 3.98. The zero-order valence-electron chi connectivity index (χ0n) is 18.5. The van der Waals surface area contributed by atoms with Gasteiger partial charge in [0.05, 0.1) is 33.9 Å². The molecule has 1 aliphatic heterocycles. The summed E-state index contributed by atoms with van der Waals surface area (Å²) >= 11 is 0. The van der Waals surface area contributed by atoms with Crippen LogP contribution in [0.2, 0.25) is 0 Å². The van der Waals surface area contributed by atoms with Crippen LogP contribution in [0.15, 0.2) is 42.5 Å². The third-order valence-corrected chi connectivity index (χ3v) is 7.11. The minimum Gasteiger partial charge on any atom is -0.493 e. The van der Waals surface area contributed by atoms with Crippen LogP contribution in [0.5, 0.6) is 11.5 Å². The van der Waals surface area contributed by atoms with E-state index in [1.807, 2.05) is 12.1 Å². The molecule has 1 saturated heterocycles. The summed E-state index contributed by atoms with van der Waals surface area (Å²) in [5.74, 6) is 2.18. The van der Waals surface area contributed by atoms with Gasteiger partial charge in [0.15, 0.2) is 17.3 Å². The van der Waals surface area contributed by atoms with Gasteiger partial charge in [0.1, 0.15) is 6.54 Å². The highest BCUT2D eigenvalue weighted by Gasteiger charge is 2.43. The average molecular weight is 409 g/mol. The average Bonchev–Trinajstić information content (AvgIpc) is 3.09. The molecular formula is C26H34NO3+. The zero-order valence-corrected chi connectivity index (χ0v) is 18.5. The first kappa shape index (κ1) is 20.9. The molecule has 160 valence electrons. The number of piperidine rings is 1. The molecule has 0 amide bonds. The number of Topliss-reactive ketones (excluding diaryl/α,β-unsaturated/α-hetero) is 1. The van der Waals surface area contributed by atoms with Gasteiger partial charge in [-0.25, -0.2) is 0 Å². The number of nitrogens with zero attached hydrogens (tertiary/aromatic N) is 1. The molecule has 0 aromatic heterocycles. The Morgan fingerprint density at radius 3 is 2.50 bits per heavy atom. The SMILES string of the molecule is CCC[N+]1(Cc2ccccc2)CCCC(C2Cc3cc(OC)c(OC)cc3C2=O)C1. The Morgan fingerprint density at radius 1 is 1.07 bits per heavy atom. The minimum atomic E-state index is 0.0854. The number of carbonyl (C=O) groups is 1. The molecule has 0 radical (unpaired) electrons. The van der Waals surface area contributed by atoms with E-state index in [1.54, 1.807) is 14.2 Å². The quantitative estimate of drug-likeness (QED) is 0.612. The predicted molar refractivity (Wildman–Crippen MR) is 119 cm³/mol. The molecule has 2 aliphatic rings. The van der Waals surface area contributed by atoms with Crippen LogP contribution in [0.3, 0.4) is 0 Å². The monoisotopic (exact) mass is 408 g/mol. The largest absolute Gasteiger partial charge is 0.493 e. The third-order valence-electron chi connectivity index (χ3n) is 7.11. The van der Waals surface area contributed by atoms with E-state index in [-0.39, 0.29) is 5.92 Å². The van der Waals surface area contributed by atoms with Crippen molar-refractivity contribution in [2.24, 2.45) is 11.8 Å². The molecular weight excluding hydrogens is 374 g/mol. The van der Waals surface area contributed by atoms with Gasteiger partial charge in [-0.3, -0.25) is 4.79 Å². The van der Waals surface area contributed by atoms with Crippen LogP contribution >= 0.6 is 0 Å². The number of benzene rings is 2. The Labute approximate surface area is 180 Å². The molecule has 30 heavy (non-hydrogen) atoms. The second kappa shape index (κ2) is 8.81. The first-order chi connectivity index (χ1) is 14.6. The second-order valence-electron chi connectivity index (χ2n) is 9.06. The molecule has 4 rings (SSSR count). The summed E-state index contributed by atoms with van der Waals surface area (Å²) in [7, 11) is 3.28. The Morgan fingerprint density at radius 2 is 1.80 bits per heavy atom. The molecule has 0 spiro atoms. The summed E-state index contributed by atoms with van der Waals surface area (Å²) < 4.78 is 12.0. The molecule has 0 saturated carbocycles. The van der Waals surface area contributed by atoms with Crippen molar-refractivity contribution in [2.45, 2.75) is 39.2 Å². The van der Waals surface area contributed by atoms with E-state index < -0.39 is 0 Å². The fraction of sp³-hybridized carbons (Fsp3) is 0.500. The Bertz CT molecular complexity index is 891. The zero-order chi connectivity index (χ0) is 21.1. The van der Waals surface area contributed by atoms with Gasteiger partial charge in [-0.1, -0.05) is 37.3 Å².